The number of hydrogen-bond donors (Lipinski definition) is 3. The Hall–Kier alpha value is -2.18. The van der Waals surface area contributed by atoms with Gasteiger partial charge >= 0.3 is 5.97 Å². The molecule has 0 saturated carbocycles. The lowest BCUT2D eigenvalue weighted by molar-refractivity contribution is -0.143. The Morgan fingerprint density at radius 1 is 0.368 bits per heavy atom. The summed E-state index contributed by atoms with van der Waals surface area (Å²) in [5.41, 5.74) is 0. The quantitative estimate of drug-likeness (QED) is 0.0320. The van der Waals surface area contributed by atoms with Gasteiger partial charge in [-0.2, -0.15) is 0 Å². The fourth-order valence-corrected chi connectivity index (χ4v) is 10.4. The fraction of sp³-hybridized carbons (Fsp3) is 0.857. The van der Waals surface area contributed by atoms with Crippen LogP contribution < -0.4 is 5.32 Å². The zero-order chi connectivity index (χ0) is 55.0. The van der Waals surface area contributed by atoms with E-state index in [1.165, 1.54) is 283 Å². The van der Waals surface area contributed by atoms with Crippen LogP contribution in [-0.2, 0) is 14.3 Å². The van der Waals surface area contributed by atoms with E-state index in [4.69, 9.17) is 4.74 Å². The van der Waals surface area contributed by atoms with E-state index in [-0.39, 0.29) is 18.5 Å². The maximum atomic E-state index is 12.4. The minimum atomic E-state index is -0.845. The van der Waals surface area contributed by atoms with Crippen molar-refractivity contribution in [3.05, 3.63) is 48.6 Å². The van der Waals surface area contributed by atoms with Crippen molar-refractivity contribution >= 4 is 11.9 Å². The Bertz CT molecular complexity index is 1270. The van der Waals surface area contributed by atoms with Crippen molar-refractivity contribution in [2.24, 2.45) is 0 Å². The average Bonchev–Trinajstić information content (AvgIpc) is 3.42. The summed E-state index contributed by atoms with van der Waals surface area (Å²) in [4.78, 5) is 24.5. The molecule has 0 aliphatic carbocycles. The van der Waals surface area contributed by atoms with Crippen molar-refractivity contribution in [3.63, 3.8) is 0 Å². The van der Waals surface area contributed by atoms with Gasteiger partial charge in [-0.15, -0.1) is 0 Å². The molecule has 6 nitrogen and oxygen atoms in total. The van der Waals surface area contributed by atoms with Crippen LogP contribution in [0.1, 0.15) is 361 Å². The van der Waals surface area contributed by atoms with E-state index in [1.807, 2.05) is 6.08 Å². The lowest BCUT2D eigenvalue weighted by Gasteiger charge is -2.20. The van der Waals surface area contributed by atoms with E-state index in [0.29, 0.717) is 19.4 Å². The Labute approximate surface area is 474 Å². The predicted molar refractivity (Wildman–Crippen MR) is 333 cm³/mol. The van der Waals surface area contributed by atoms with Gasteiger partial charge in [-0.05, 0) is 89.9 Å². The van der Waals surface area contributed by atoms with Crippen molar-refractivity contribution in [1.29, 1.82) is 0 Å². The smallest absolute Gasteiger partial charge is 0.305 e. The van der Waals surface area contributed by atoms with Gasteiger partial charge in [0.15, 0.2) is 0 Å². The molecule has 0 aromatic carbocycles. The summed E-state index contributed by atoms with van der Waals surface area (Å²) in [6.07, 6.45) is 84.7. The molecule has 0 heterocycles. The number of allylic oxidation sites excluding steroid dienone is 7. The highest BCUT2D eigenvalue weighted by atomic mass is 16.5. The lowest BCUT2D eigenvalue weighted by atomic mass is 10.0. The summed E-state index contributed by atoms with van der Waals surface area (Å²) in [6.45, 7) is 4.90. The average molecular weight is 1070 g/mol. The number of hydrogen-bond acceptors (Lipinski definition) is 5. The third-order valence-electron chi connectivity index (χ3n) is 15.6. The molecule has 76 heavy (non-hydrogen) atoms. The van der Waals surface area contributed by atoms with E-state index in [1.54, 1.807) is 6.08 Å². The van der Waals surface area contributed by atoms with Crippen LogP contribution in [0.5, 0.6) is 0 Å². The number of unbranched alkanes of at least 4 members (excludes halogenated alkanes) is 46. The fourth-order valence-electron chi connectivity index (χ4n) is 10.4. The standard InChI is InChI=1S/C70H131NO5/c1-3-5-7-9-11-13-15-17-18-19-34-37-40-44-48-52-56-60-64-70(75)76-65-61-57-53-49-45-41-38-35-32-30-28-26-24-22-20-21-23-25-27-29-31-33-36-39-43-47-51-55-59-63-69(74)71-67(66-72)68(73)62-58-54-50-46-42-16-14-12-10-8-6-4-2/h18-20,22,26,28,58,62,67-68,72-73H,3-17,21,23-25,27,29-57,59-61,63-66H2,1-2H3,(H,71,74)/b19-18-,22-20-,28-26-,62-58+. The van der Waals surface area contributed by atoms with Gasteiger partial charge in [0.1, 0.15) is 0 Å². The second-order valence-electron chi connectivity index (χ2n) is 23.1. The number of rotatable bonds is 63. The van der Waals surface area contributed by atoms with Gasteiger partial charge in [-0.3, -0.25) is 9.59 Å². The molecule has 3 N–H and O–H groups in total. The third-order valence-corrected chi connectivity index (χ3v) is 15.6. The molecule has 2 atom stereocenters. The van der Waals surface area contributed by atoms with Crippen LogP contribution >= 0.6 is 0 Å². The van der Waals surface area contributed by atoms with Crippen LogP contribution in [-0.4, -0.2) is 47.4 Å². The zero-order valence-corrected chi connectivity index (χ0v) is 51.0. The molecule has 0 aliphatic heterocycles. The number of aliphatic hydroxyl groups is 2. The maximum absolute atomic E-state index is 12.4. The first-order valence-electron chi connectivity index (χ1n) is 33.9. The molecule has 2 unspecified atom stereocenters. The van der Waals surface area contributed by atoms with E-state index in [2.05, 4.69) is 55.6 Å². The normalized spacial score (nSPS) is 12.8. The van der Waals surface area contributed by atoms with Gasteiger partial charge in [-0.25, -0.2) is 0 Å². The highest BCUT2D eigenvalue weighted by Gasteiger charge is 2.18. The Morgan fingerprint density at radius 3 is 1.01 bits per heavy atom. The summed E-state index contributed by atoms with van der Waals surface area (Å²) < 4.78 is 5.50. The monoisotopic (exact) mass is 1070 g/mol. The number of esters is 1. The van der Waals surface area contributed by atoms with E-state index in [0.717, 1.165) is 51.4 Å². The molecule has 0 bridgehead atoms. The Kier molecular flexibility index (Phi) is 63.5. The molecular formula is C70H131NO5. The van der Waals surface area contributed by atoms with E-state index in [9.17, 15) is 19.8 Å². The van der Waals surface area contributed by atoms with Crippen LogP contribution in [0.25, 0.3) is 0 Å². The topological polar surface area (TPSA) is 95.9 Å². The summed E-state index contributed by atoms with van der Waals surface area (Å²) in [6, 6.07) is -0.628. The largest absolute Gasteiger partial charge is 0.466 e. The molecule has 0 radical (unpaired) electrons. The number of carbonyl (C=O) groups is 2. The Balaban J connectivity index is 3.40. The first-order valence-corrected chi connectivity index (χ1v) is 33.9. The van der Waals surface area contributed by atoms with Crippen molar-refractivity contribution in [2.45, 2.75) is 373 Å². The maximum Gasteiger partial charge on any atom is 0.305 e. The molecule has 1 amide bonds. The molecule has 0 spiro atoms. The molecular weight excluding hydrogens is 935 g/mol. The van der Waals surface area contributed by atoms with Crippen LogP contribution in [0.3, 0.4) is 0 Å². The minimum absolute atomic E-state index is 0.00873. The summed E-state index contributed by atoms with van der Waals surface area (Å²) in [5, 5.41) is 23.1. The molecule has 0 aromatic rings. The van der Waals surface area contributed by atoms with Gasteiger partial charge in [0.25, 0.3) is 0 Å². The first kappa shape index (κ1) is 73.8. The molecule has 6 heteroatoms. The molecule has 0 rings (SSSR count). The molecule has 0 fully saturated rings. The van der Waals surface area contributed by atoms with Gasteiger partial charge < -0.3 is 20.3 Å². The van der Waals surface area contributed by atoms with E-state index >= 15 is 0 Å². The molecule has 0 aliphatic rings. The van der Waals surface area contributed by atoms with Crippen LogP contribution in [0.2, 0.25) is 0 Å². The predicted octanol–water partition coefficient (Wildman–Crippen LogP) is 21.7. The number of carbonyl (C=O) groups excluding carboxylic acids is 2. The first-order chi connectivity index (χ1) is 37.5. The van der Waals surface area contributed by atoms with Crippen molar-refractivity contribution in [3.8, 4) is 0 Å². The van der Waals surface area contributed by atoms with Gasteiger partial charge in [0.05, 0.1) is 25.4 Å². The summed E-state index contributed by atoms with van der Waals surface area (Å²) in [5.74, 6) is -0.0604. The molecule has 0 aromatic heterocycles. The van der Waals surface area contributed by atoms with Crippen molar-refractivity contribution in [1.82, 2.24) is 5.32 Å². The SMILES string of the molecule is CCCCCCCCC/C=C\CCCCCCCCCC(=O)OCCCCCCCCCCC/C=C\C/C=C\CCCCCCCCCCCCCCCC(=O)NC(CO)C(O)/C=C/CCCCCCCCCCCC. The van der Waals surface area contributed by atoms with Gasteiger partial charge in [0.2, 0.25) is 5.91 Å². The minimum Gasteiger partial charge on any atom is -0.466 e. The van der Waals surface area contributed by atoms with Gasteiger partial charge in [0, 0.05) is 12.8 Å². The number of nitrogens with one attached hydrogen (secondary N) is 1. The van der Waals surface area contributed by atoms with Crippen molar-refractivity contribution in [2.75, 3.05) is 13.2 Å². The third kappa shape index (κ3) is 61.0. The van der Waals surface area contributed by atoms with E-state index < -0.39 is 12.1 Å². The lowest BCUT2D eigenvalue weighted by Crippen LogP contribution is -2.45. The number of ether oxygens (including phenoxy) is 1. The second kappa shape index (κ2) is 65.3. The highest BCUT2D eigenvalue weighted by Crippen LogP contribution is 2.17. The van der Waals surface area contributed by atoms with Crippen LogP contribution in [0.15, 0.2) is 48.6 Å². The van der Waals surface area contributed by atoms with Crippen LogP contribution in [0, 0.1) is 0 Å². The van der Waals surface area contributed by atoms with Crippen molar-refractivity contribution < 1.29 is 24.5 Å². The summed E-state index contributed by atoms with van der Waals surface area (Å²) in [7, 11) is 0. The molecule has 0 saturated heterocycles. The number of aliphatic hydroxyl groups excluding tert-OH is 2. The molecule has 446 valence electrons. The number of amides is 1. The second-order valence-corrected chi connectivity index (χ2v) is 23.1. The highest BCUT2D eigenvalue weighted by molar-refractivity contribution is 5.76. The summed E-state index contributed by atoms with van der Waals surface area (Å²) >= 11 is 0. The zero-order valence-electron chi connectivity index (χ0n) is 51.0. The van der Waals surface area contributed by atoms with Gasteiger partial charge in [-0.1, -0.05) is 306 Å². The van der Waals surface area contributed by atoms with Crippen LogP contribution in [0.4, 0.5) is 0 Å². The Morgan fingerprint density at radius 2 is 0.658 bits per heavy atom.